The molecule has 2 atom stereocenters. The maximum Gasteiger partial charge on any atom is 0.490 e. The Morgan fingerprint density at radius 2 is 1.57 bits per heavy atom. The molecule has 1 fully saturated rings. The maximum absolute atomic E-state index is 13.4. The van der Waals surface area contributed by atoms with Gasteiger partial charge in [0.2, 0.25) is 5.91 Å². The number of Topliss-reactive ketones (excluding diaryl/α,β-unsaturated/α-hetero) is 1. The van der Waals surface area contributed by atoms with Crippen LogP contribution in [0.2, 0.25) is 0 Å². The molecule has 0 aromatic heterocycles. The number of carboxylic acids is 1. The lowest BCUT2D eigenvalue weighted by molar-refractivity contribution is -0.192. The fourth-order valence-corrected chi connectivity index (χ4v) is 5.70. The molecule has 254 valence electrons. The van der Waals surface area contributed by atoms with Gasteiger partial charge in [-0.2, -0.15) is 13.2 Å². The number of carbonyl (C=O) groups is 6. The number of benzene rings is 2. The van der Waals surface area contributed by atoms with E-state index in [0.29, 0.717) is 53.7 Å². The van der Waals surface area contributed by atoms with Crippen molar-refractivity contribution in [1.29, 1.82) is 0 Å². The van der Waals surface area contributed by atoms with Gasteiger partial charge in [-0.1, -0.05) is 50.2 Å². The van der Waals surface area contributed by atoms with Gasteiger partial charge in [0, 0.05) is 42.0 Å². The van der Waals surface area contributed by atoms with Crippen LogP contribution in [0.25, 0.3) is 0 Å². The number of halogens is 3. The van der Waals surface area contributed by atoms with Crippen molar-refractivity contribution >= 4 is 40.8 Å². The van der Waals surface area contributed by atoms with Gasteiger partial charge in [0.05, 0.1) is 18.2 Å². The summed E-state index contributed by atoms with van der Waals surface area (Å²) >= 11 is 0. The van der Waals surface area contributed by atoms with Crippen molar-refractivity contribution in [3.8, 4) is 0 Å². The number of fused-ring (bicyclic) bond motifs is 2. The van der Waals surface area contributed by atoms with Crippen LogP contribution in [0.4, 0.5) is 18.9 Å². The van der Waals surface area contributed by atoms with E-state index in [1.807, 2.05) is 13.8 Å². The van der Waals surface area contributed by atoms with Crippen molar-refractivity contribution in [1.82, 2.24) is 10.2 Å². The molecule has 2 aliphatic rings. The number of hydrogen-bond donors (Lipinski definition) is 5. The van der Waals surface area contributed by atoms with Crippen LogP contribution >= 0.6 is 0 Å². The minimum atomic E-state index is -5.08. The molecule has 0 unspecified atom stereocenters. The van der Waals surface area contributed by atoms with Gasteiger partial charge < -0.3 is 32.1 Å². The van der Waals surface area contributed by atoms with Crippen molar-refractivity contribution < 1.29 is 47.0 Å². The number of amides is 2. The molecule has 2 aromatic carbocycles. The number of ketones is 3. The van der Waals surface area contributed by atoms with E-state index in [4.69, 9.17) is 21.4 Å². The second-order valence-corrected chi connectivity index (χ2v) is 11.6. The summed E-state index contributed by atoms with van der Waals surface area (Å²) in [4.78, 5) is 76.0. The van der Waals surface area contributed by atoms with Crippen molar-refractivity contribution in [2.24, 2.45) is 17.4 Å². The second-order valence-electron chi connectivity index (χ2n) is 11.6. The summed E-state index contributed by atoms with van der Waals surface area (Å²) in [5, 5.41) is 13.1. The lowest BCUT2D eigenvalue weighted by Gasteiger charge is -2.37. The molecule has 47 heavy (non-hydrogen) atoms. The topological polar surface area (TPSA) is 202 Å². The number of anilines is 1. The van der Waals surface area contributed by atoms with E-state index >= 15 is 0 Å². The van der Waals surface area contributed by atoms with Crippen LogP contribution in [0.1, 0.15) is 71.4 Å². The first-order valence-electron chi connectivity index (χ1n) is 15.0. The normalized spacial score (nSPS) is 17.7. The van der Waals surface area contributed by atoms with Gasteiger partial charge in [0.1, 0.15) is 0 Å². The third kappa shape index (κ3) is 8.03. The number of nitrogens with zero attached hydrogens (tertiary/aromatic N) is 1. The molecule has 12 nitrogen and oxygen atoms in total. The van der Waals surface area contributed by atoms with Gasteiger partial charge in [-0.05, 0) is 37.7 Å². The predicted molar refractivity (Wildman–Crippen MR) is 165 cm³/mol. The number of nitrogens with one attached hydrogen (secondary N) is 2. The van der Waals surface area contributed by atoms with Crippen molar-refractivity contribution in [2.45, 2.75) is 57.3 Å². The summed E-state index contributed by atoms with van der Waals surface area (Å²) in [7, 11) is 0. The molecule has 1 aliphatic heterocycles. The number of aliphatic carboxylic acids is 1. The molecule has 1 aliphatic carbocycles. The minimum absolute atomic E-state index is 0.181. The third-order valence-electron chi connectivity index (χ3n) is 7.86. The zero-order valence-electron chi connectivity index (χ0n) is 26.0. The van der Waals surface area contributed by atoms with E-state index in [1.54, 1.807) is 42.5 Å². The van der Waals surface area contributed by atoms with Crippen LogP contribution in [0.15, 0.2) is 42.5 Å². The van der Waals surface area contributed by atoms with Crippen LogP contribution < -0.4 is 22.1 Å². The molecule has 0 bridgehead atoms. The van der Waals surface area contributed by atoms with Crippen LogP contribution in [0.5, 0.6) is 0 Å². The van der Waals surface area contributed by atoms with Crippen molar-refractivity contribution in [3.63, 3.8) is 0 Å². The summed E-state index contributed by atoms with van der Waals surface area (Å²) in [6, 6.07) is 11.1. The quantitative estimate of drug-likeness (QED) is 0.150. The minimum Gasteiger partial charge on any atom is -0.475 e. The van der Waals surface area contributed by atoms with Gasteiger partial charge in [-0.3, -0.25) is 24.0 Å². The number of carbonyl (C=O) groups excluding carboxylic acids is 5. The molecule has 7 N–H and O–H groups in total. The summed E-state index contributed by atoms with van der Waals surface area (Å²) in [5.41, 5.74) is 12.1. The Bertz CT molecular complexity index is 1550. The highest BCUT2D eigenvalue weighted by Gasteiger charge is 2.55. The summed E-state index contributed by atoms with van der Waals surface area (Å²) in [6.07, 6.45) is -3.49. The number of rotatable bonds is 11. The molecule has 2 amide bonds. The van der Waals surface area contributed by atoms with E-state index in [0.717, 1.165) is 0 Å². The largest absolute Gasteiger partial charge is 0.490 e. The Morgan fingerprint density at radius 1 is 0.979 bits per heavy atom. The second kappa shape index (κ2) is 15.3. The average Bonchev–Trinajstić information content (AvgIpc) is 3.48. The lowest BCUT2D eigenvalue weighted by Crippen LogP contribution is -2.65. The maximum atomic E-state index is 13.4. The molecular weight excluding hydrogens is 623 g/mol. The molecule has 2 aromatic rings. The number of nitrogens with two attached hydrogens (primary N) is 2. The zero-order valence-corrected chi connectivity index (χ0v) is 26.0. The number of carboxylic acid groups (broad SMARTS) is 1. The number of likely N-dealkylation sites (tertiary alicyclic amines) is 1. The van der Waals surface area contributed by atoms with Gasteiger partial charge in [0.25, 0.3) is 5.91 Å². The first-order chi connectivity index (χ1) is 22.1. The third-order valence-corrected chi connectivity index (χ3v) is 7.86. The van der Waals surface area contributed by atoms with Gasteiger partial charge in [-0.15, -0.1) is 0 Å². The van der Waals surface area contributed by atoms with Gasteiger partial charge in [-0.25, -0.2) is 4.79 Å². The monoisotopic (exact) mass is 661 g/mol. The fraction of sp³-hybridized carbons (Fsp3) is 0.438. The summed E-state index contributed by atoms with van der Waals surface area (Å²) in [5.74, 6) is -4.47. The molecule has 0 saturated carbocycles. The molecule has 4 rings (SSSR count). The van der Waals surface area contributed by atoms with Crippen LogP contribution in [-0.4, -0.2) is 89.1 Å². The SMILES string of the molecule is CC(C)C[C@H](N)C(=O)N1CCC[C@]1(C(=O)CN)C(=O)NCCCNc1cccc2c1C(=O)c1ccccc1C2=O.O=C(O)C(F)(F)F. The molecule has 0 radical (unpaired) electrons. The molecule has 15 heteroatoms. The Balaban J connectivity index is 0.000000771. The van der Waals surface area contributed by atoms with Crippen molar-refractivity contribution in [3.05, 3.63) is 64.7 Å². The van der Waals surface area contributed by atoms with Crippen LogP contribution in [0, 0.1) is 5.92 Å². The van der Waals surface area contributed by atoms with Crippen LogP contribution in [0.3, 0.4) is 0 Å². The van der Waals surface area contributed by atoms with Gasteiger partial charge in [0.15, 0.2) is 22.9 Å². The Kier molecular flexibility index (Phi) is 12.0. The first kappa shape index (κ1) is 36.8. The van der Waals surface area contributed by atoms with E-state index in [2.05, 4.69) is 10.6 Å². The van der Waals surface area contributed by atoms with Crippen LogP contribution in [-0.2, 0) is 19.2 Å². The number of hydrogen-bond acceptors (Lipinski definition) is 9. The summed E-state index contributed by atoms with van der Waals surface area (Å²) < 4.78 is 31.7. The highest BCUT2D eigenvalue weighted by atomic mass is 19.4. The van der Waals surface area contributed by atoms with E-state index in [-0.39, 0.29) is 43.5 Å². The Hall–Kier alpha value is -4.63. The lowest BCUT2D eigenvalue weighted by atomic mass is 9.83. The molecular formula is C32H38F3N5O7. The predicted octanol–water partition coefficient (Wildman–Crippen LogP) is 2.28. The summed E-state index contributed by atoms with van der Waals surface area (Å²) in [6.45, 7) is 4.41. The van der Waals surface area contributed by atoms with Crippen molar-refractivity contribution in [2.75, 3.05) is 31.5 Å². The van der Waals surface area contributed by atoms with Gasteiger partial charge >= 0.3 is 12.1 Å². The average molecular weight is 662 g/mol. The van der Waals surface area contributed by atoms with E-state index in [1.165, 1.54) is 4.90 Å². The highest BCUT2D eigenvalue weighted by Crippen LogP contribution is 2.33. The van der Waals surface area contributed by atoms with E-state index < -0.39 is 41.3 Å². The molecule has 1 saturated heterocycles. The molecule has 0 spiro atoms. The standard InChI is InChI=1S/C30H37N5O5.C2HF3O2/c1-18(2)16-22(32)28(39)35-15-6-12-30(35,24(36)17-31)29(40)34-14-7-13-33-23-11-5-10-21-25(23)27(38)20-9-4-3-8-19(20)26(21)37;3-2(4,5)1(6)7/h3-5,8-11,18,22,33H,6-7,12-17,31-32H2,1-2H3,(H,34,40);(H,6,7)/t22-,30-;/m0./s1. The smallest absolute Gasteiger partial charge is 0.475 e. The molecule has 1 heterocycles. The Morgan fingerprint density at radius 3 is 2.15 bits per heavy atom. The number of alkyl halides is 3. The highest BCUT2D eigenvalue weighted by molar-refractivity contribution is 6.30. The first-order valence-corrected chi connectivity index (χ1v) is 15.0. The Labute approximate surface area is 269 Å². The zero-order chi connectivity index (χ0) is 35.1. The fourth-order valence-electron chi connectivity index (χ4n) is 5.70. The van der Waals surface area contributed by atoms with E-state index in [9.17, 15) is 37.1 Å².